The lowest BCUT2D eigenvalue weighted by molar-refractivity contribution is -0.122. The number of thioether (sulfide) groups is 1. The first-order valence-corrected chi connectivity index (χ1v) is 7.04. The van der Waals surface area contributed by atoms with E-state index in [-0.39, 0.29) is 0 Å². The zero-order valence-electron chi connectivity index (χ0n) is 11.3. The molecule has 0 aliphatic rings. The molecule has 0 aromatic carbocycles. The Hall–Kier alpha value is -1.01. The molecule has 4 N–H and O–H groups in total. The van der Waals surface area contributed by atoms with Crippen molar-refractivity contribution in [3.8, 4) is 0 Å². The number of carbonyl (C=O) groups is 1. The highest BCUT2D eigenvalue weighted by molar-refractivity contribution is 7.99. The molecule has 102 valence electrons. The van der Waals surface area contributed by atoms with E-state index in [4.69, 9.17) is 11.5 Å². The van der Waals surface area contributed by atoms with Gasteiger partial charge in [-0.3, -0.25) is 9.48 Å². The van der Waals surface area contributed by atoms with Gasteiger partial charge < -0.3 is 11.5 Å². The number of rotatable bonds is 7. The fourth-order valence-corrected chi connectivity index (χ4v) is 2.66. The summed E-state index contributed by atoms with van der Waals surface area (Å²) in [6, 6.07) is 2.07. The average Bonchev–Trinajstić information content (AvgIpc) is 2.56. The van der Waals surface area contributed by atoms with E-state index in [0.717, 1.165) is 29.3 Å². The quantitative estimate of drug-likeness (QED) is 0.575. The van der Waals surface area contributed by atoms with Crippen LogP contribution in [0, 0.1) is 6.92 Å². The Labute approximate surface area is 112 Å². The third-order valence-corrected chi connectivity index (χ3v) is 4.03. The van der Waals surface area contributed by atoms with Crippen molar-refractivity contribution >= 4 is 17.7 Å². The van der Waals surface area contributed by atoms with Gasteiger partial charge in [0.15, 0.2) is 0 Å². The van der Waals surface area contributed by atoms with Crippen molar-refractivity contribution in [3.05, 3.63) is 11.8 Å². The van der Waals surface area contributed by atoms with Crippen LogP contribution in [0.5, 0.6) is 0 Å². The van der Waals surface area contributed by atoms with Crippen molar-refractivity contribution in [1.29, 1.82) is 0 Å². The van der Waals surface area contributed by atoms with Crippen molar-refractivity contribution in [2.45, 2.75) is 43.7 Å². The average molecular weight is 270 g/mol. The van der Waals surface area contributed by atoms with Crippen LogP contribution < -0.4 is 11.5 Å². The topological polar surface area (TPSA) is 86.9 Å². The van der Waals surface area contributed by atoms with Crippen molar-refractivity contribution in [1.82, 2.24) is 9.78 Å². The molecule has 0 saturated heterocycles. The SMILES string of the molecule is Cc1cc(SCCCCC(C)(N)C(N)=O)n(C)n1. The van der Waals surface area contributed by atoms with Crippen molar-refractivity contribution in [2.24, 2.45) is 18.5 Å². The highest BCUT2D eigenvalue weighted by Gasteiger charge is 2.24. The second-order valence-corrected chi connectivity index (χ2v) is 5.95. The van der Waals surface area contributed by atoms with Crippen molar-refractivity contribution < 1.29 is 4.79 Å². The van der Waals surface area contributed by atoms with Gasteiger partial charge in [-0.1, -0.05) is 6.42 Å². The minimum Gasteiger partial charge on any atom is -0.368 e. The molecular formula is C12H22N4OS. The van der Waals surface area contributed by atoms with Crippen LogP contribution in [0.4, 0.5) is 0 Å². The van der Waals surface area contributed by atoms with Crippen LogP contribution in [0.2, 0.25) is 0 Å². The fraction of sp³-hybridized carbons (Fsp3) is 0.667. The molecule has 0 fully saturated rings. The molecule has 1 atom stereocenters. The van der Waals surface area contributed by atoms with Gasteiger partial charge in [-0.05, 0) is 38.5 Å². The van der Waals surface area contributed by atoms with Gasteiger partial charge >= 0.3 is 0 Å². The maximum absolute atomic E-state index is 11.0. The lowest BCUT2D eigenvalue weighted by atomic mass is 9.96. The van der Waals surface area contributed by atoms with E-state index in [1.54, 1.807) is 18.7 Å². The minimum atomic E-state index is -0.881. The predicted octanol–water partition coefficient (Wildman–Crippen LogP) is 1.19. The first kappa shape index (κ1) is 15.0. The minimum absolute atomic E-state index is 0.433. The van der Waals surface area contributed by atoms with E-state index in [2.05, 4.69) is 11.2 Å². The van der Waals surface area contributed by atoms with Gasteiger partial charge in [-0.15, -0.1) is 11.8 Å². The number of primary amides is 1. The molecule has 0 saturated carbocycles. The van der Waals surface area contributed by atoms with E-state index in [9.17, 15) is 4.79 Å². The maximum atomic E-state index is 11.0. The number of carbonyl (C=O) groups excluding carboxylic acids is 1. The number of aryl methyl sites for hydroxylation is 2. The number of aromatic nitrogens is 2. The van der Waals surface area contributed by atoms with E-state index < -0.39 is 11.4 Å². The number of hydrogen-bond acceptors (Lipinski definition) is 4. The monoisotopic (exact) mass is 270 g/mol. The van der Waals surface area contributed by atoms with Crippen LogP contribution in [-0.4, -0.2) is 27.0 Å². The molecule has 1 unspecified atom stereocenters. The third kappa shape index (κ3) is 4.34. The van der Waals surface area contributed by atoms with E-state index in [0.29, 0.717) is 6.42 Å². The van der Waals surface area contributed by atoms with E-state index in [1.165, 1.54) is 0 Å². The fourth-order valence-electron chi connectivity index (χ4n) is 1.62. The Morgan fingerprint density at radius 3 is 2.72 bits per heavy atom. The molecule has 0 spiro atoms. The Bertz CT molecular complexity index is 414. The molecule has 0 bridgehead atoms. The smallest absolute Gasteiger partial charge is 0.237 e. The van der Waals surface area contributed by atoms with Gasteiger partial charge in [0.1, 0.15) is 0 Å². The molecule has 1 rings (SSSR count). The summed E-state index contributed by atoms with van der Waals surface area (Å²) < 4.78 is 1.89. The molecule has 1 heterocycles. The highest BCUT2D eigenvalue weighted by atomic mass is 32.2. The van der Waals surface area contributed by atoms with Gasteiger partial charge in [0.2, 0.25) is 5.91 Å². The summed E-state index contributed by atoms with van der Waals surface area (Å²) in [6.45, 7) is 3.67. The van der Waals surface area contributed by atoms with Crippen LogP contribution in [0.15, 0.2) is 11.1 Å². The summed E-state index contributed by atoms with van der Waals surface area (Å²) in [6.07, 6.45) is 2.54. The van der Waals surface area contributed by atoms with Gasteiger partial charge in [0, 0.05) is 7.05 Å². The number of unbranched alkanes of at least 4 members (excludes halogenated alkanes) is 1. The molecule has 0 aliphatic heterocycles. The van der Waals surface area contributed by atoms with Crippen molar-refractivity contribution in [2.75, 3.05) is 5.75 Å². The number of nitrogens with two attached hydrogens (primary N) is 2. The molecule has 18 heavy (non-hydrogen) atoms. The van der Waals surface area contributed by atoms with Crippen LogP contribution in [0.25, 0.3) is 0 Å². The summed E-state index contributed by atoms with van der Waals surface area (Å²) in [5.41, 5.74) is 11.2. The lowest BCUT2D eigenvalue weighted by Gasteiger charge is -2.19. The zero-order valence-corrected chi connectivity index (χ0v) is 12.1. The number of hydrogen-bond donors (Lipinski definition) is 2. The number of amides is 1. The molecule has 1 aromatic heterocycles. The van der Waals surface area contributed by atoms with Crippen LogP contribution in [0.1, 0.15) is 31.9 Å². The Morgan fingerprint density at radius 2 is 2.22 bits per heavy atom. The first-order chi connectivity index (χ1) is 8.33. The Morgan fingerprint density at radius 1 is 1.56 bits per heavy atom. The van der Waals surface area contributed by atoms with E-state index >= 15 is 0 Å². The molecule has 1 aromatic rings. The van der Waals surface area contributed by atoms with Gasteiger partial charge in [0.05, 0.1) is 16.3 Å². The van der Waals surface area contributed by atoms with Gasteiger partial charge in [0.25, 0.3) is 0 Å². The lowest BCUT2D eigenvalue weighted by Crippen LogP contribution is -2.49. The zero-order chi connectivity index (χ0) is 13.8. The van der Waals surface area contributed by atoms with Crippen LogP contribution in [-0.2, 0) is 11.8 Å². The molecular weight excluding hydrogens is 248 g/mol. The first-order valence-electron chi connectivity index (χ1n) is 6.05. The number of nitrogens with zero attached hydrogens (tertiary/aromatic N) is 2. The Kier molecular flexibility index (Phi) is 5.22. The summed E-state index contributed by atoms with van der Waals surface area (Å²) >= 11 is 1.77. The van der Waals surface area contributed by atoms with E-state index in [1.807, 2.05) is 18.7 Å². The predicted molar refractivity (Wildman–Crippen MR) is 74.3 cm³/mol. The highest BCUT2D eigenvalue weighted by Crippen LogP contribution is 2.20. The summed E-state index contributed by atoms with van der Waals surface area (Å²) in [5, 5.41) is 5.45. The second-order valence-electron chi connectivity index (χ2n) is 4.83. The standard InChI is InChI=1S/C12H22N4OS/c1-9-8-10(16(3)15-9)18-7-5-4-6-12(2,14)11(13)17/h8H,4-7,14H2,1-3H3,(H2,13,17). The van der Waals surface area contributed by atoms with Crippen LogP contribution in [0.3, 0.4) is 0 Å². The largest absolute Gasteiger partial charge is 0.368 e. The van der Waals surface area contributed by atoms with Crippen molar-refractivity contribution in [3.63, 3.8) is 0 Å². The summed E-state index contributed by atoms with van der Waals surface area (Å²) in [7, 11) is 1.94. The van der Waals surface area contributed by atoms with Crippen LogP contribution >= 0.6 is 11.8 Å². The molecule has 5 nitrogen and oxygen atoms in total. The van der Waals surface area contributed by atoms with Gasteiger partial charge in [-0.25, -0.2) is 0 Å². The maximum Gasteiger partial charge on any atom is 0.237 e. The third-order valence-electron chi connectivity index (χ3n) is 2.86. The molecule has 0 aliphatic carbocycles. The molecule has 6 heteroatoms. The second kappa shape index (κ2) is 6.24. The normalized spacial score (nSPS) is 14.4. The summed E-state index contributed by atoms with van der Waals surface area (Å²) in [4.78, 5) is 11.0. The molecule has 1 amide bonds. The molecule has 0 radical (unpaired) electrons. The van der Waals surface area contributed by atoms with Gasteiger partial charge in [-0.2, -0.15) is 5.10 Å². The Balaban J connectivity index is 2.24. The summed E-state index contributed by atoms with van der Waals surface area (Å²) in [5.74, 6) is 0.561.